The first kappa shape index (κ1) is 5.87. The molecule has 0 aliphatic carbocycles. The number of hydrogen-bond acceptors (Lipinski definition) is 0. The summed E-state index contributed by atoms with van der Waals surface area (Å²) in [6.07, 6.45) is 0. The van der Waals surface area contributed by atoms with Crippen LogP contribution in [0.2, 0.25) is 8.35 Å². The molecule has 0 saturated carbocycles. The van der Waals surface area contributed by atoms with Gasteiger partial charge in [0.15, 0.2) is 0 Å². The van der Waals surface area contributed by atoms with Crippen molar-refractivity contribution in [3.8, 4) is 0 Å². The van der Waals surface area contributed by atoms with Crippen LogP contribution < -0.4 is 0 Å². The first-order chi connectivity index (χ1) is 2.27. The van der Waals surface area contributed by atoms with Crippen molar-refractivity contribution < 1.29 is 0 Å². The molecule has 0 radical (unpaired) electrons. The van der Waals surface area contributed by atoms with Gasteiger partial charge in [-0.3, -0.25) is 0 Å². The van der Waals surface area contributed by atoms with Crippen molar-refractivity contribution in [1.29, 1.82) is 0 Å². The van der Waals surface area contributed by atoms with Crippen molar-refractivity contribution in [3.05, 3.63) is 0 Å². The van der Waals surface area contributed by atoms with Crippen LogP contribution in [0.1, 0.15) is 13.8 Å². The Balaban J connectivity index is 2.54. The molecule has 0 N–H and O–H groups in total. The van der Waals surface area contributed by atoms with Gasteiger partial charge in [-0.25, -0.2) is 0 Å². The second-order valence-corrected chi connectivity index (χ2v) is 8.79. The molecule has 0 amide bonds. The van der Waals surface area contributed by atoms with E-state index in [-0.39, 0.29) is 22.9 Å². The van der Waals surface area contributed by atoms with Crippen LogP contribution in [0.3, 0.4) is 0 Å². The van der Waals surface area contributed by atoms with Crippen LogP contribution in [-0.2, 0) is 0 Å². The molecular weight excluding hydrogens is 163 g/mol. The zero-order valence-corrected chi connectivity index (χ0v) is 8.32. The summed E-state index contributed by atoms with van der Waals surface area (Å²) >= 11 is -0.141. The van der Waals surface area contributed by atoms with Crippen LogP contribution in [0.15, 0.2) is 0 Å². The molecule has 5 heavy (non-hydrogen) atoms. The van der Waals surface area contributed by atoms with Crippen molar-refractivity contribution in [1.82, 2.24) is 0 Å². The normalized spacial score (nSPS) is 8.80. The van der Waals surface area contributed by atoms with Gasteiger partial charge in [-0.2, -0.15) is 0 Å². The molecule has 0 unspecified atom stereocenters. The Morgan fingerprint density at radius 1 is 1.40 bits per heavy atom. The van der Waals surface area contributed by atoms with Crippen LogP contribution in [0.25, 0.3) is 0 Å². The Kier molecular flexibility index (Phi) is 3.61. The van der Waals surface area contributed by atoms with Gasteiger partial charge >= 0.3 is 45.1 Å². The first-order valence-corrected chi connectivity index (χ1v) is 8.64. The minimum absolute atomic E-state index is 0.141. The topological polar surface area (TPSA) is 0 Å². The molecule has 0 saturated heterocycles. The van der Waals surface area contributed by atoms with E-state index in [0.717, 1.165) is 3.67 Å². The summed E-state index contributed by atoms with van der Waals surface area (Å²) in [7, 11) is 0. The van der Waals surface area contributed by atoms with Gasteiger partial charge in [0.2, 0.25) is 0 Å². The number of rotatable bonds is 1. The second-order valence-electron chi connectivity index (χ2n) is 1.80. The van der Waals surface area contributed by atoms with E-state index in [0.29, 0.717) is 0 Å². The van der Waals surface area contributed by atoms with E-state index in [1.165, 1.54) is 0 Å². The van der Waals surface area contributed by atoms with E-state index in [9.17, 15) is 0 Å². The molecule has 0 spiro atoms. The number of hydrogen-bond donors (Lipinski definition) is 0. The molecule has 0 bridgehead atoms. The van der Waals surface area contributed by atoms with Crippen LogP contribution >= 0.6 is 0 Å². The average Bonchev–Trinajstić information content (AvgIpc) is 1.38. The molecule has 0 aromatic carbocycles. The molecule has 30 valence electrons. The van der Waals surface area contributed by atoms with Gasteiger partial charge in [-0.15, -0.1) is 0 Å². The molecular formula is C4H11In. The van der Waals surface area contributed by atoms with Crippen LogP contribution in [0.4, 0.5) is 0 Å². The quantitative estimate of drug-likeness (QED) is 0.561. The Morgan fingerprint density at radius 2 is 1.60 bits per heavy atom. The van der Waals surface area contributed by atoms with Gasteiger partial charge in [-0.1, -0.05) is 0 Å². The van der Waals surface area contributed by atoms with E-state index in [1.54, 1.807) is 0 Å². The first-order valence-electron chi connectivity index (χ1n) is 2.27. The maximum atomic E-state index is 2.41. The monoisotopic (exact) mass is 174 g/mol. The summed E-state index contributed by atoms with van der Waals surface area (Å²) in [6, 6.07) is 0. The summed E-state index contributed by atoms with van der Waals surface area (Å²) in [5.74, 6) is 0. The standard InChI is InChI=1S/C3H7.CH3.In.H/c1-3-2;;;/h3H,1-2H3;1H3;;. The average molecular weight is 174 g/mol. The fourth-order valence-corrected chi connectivity index (χ4v) is 0. The Bertz CT molecular complexity index is 17.6. The summed E-state index contributed by atoms with van der Waals surface area (Å²) < 4.78 is 3.50. The van der Waals surface area contributed by atoms with Crippen molar-refractivity contribution in [3.63, 3.8) is 0 Å². The third-order valence-electron chi connectivity index (χ3n) is 0.816. The third kappa shape index (κ3) is 4.87. The fourth-order valence-electron chi connectivity index (χ4n) is 0. The van der Waals surface area contributed by atoms with Gasteiger partial charge < -0.3 is 0 Å². The van der Waals surface area contributed by atoms with Gasteiger partial charge in [0.25, 0.3) is 0 Å². The fraction of sp³-hybridized carbons (Fsp3) is 1.00. The summed E-state index contributed by atoms with van der Waals surface area (Å²) in [5.41, 5.74) is 0. The van der Waals surface area contributed by atoms with Crippen molar-refractivity contribution in [2.75, 3.05) is 0 Å². The van der Waals surface area contributed by atoms with Crippen LogP contribution in [0.5, 0.6) is 0 Å². The van der Waals surface area contributed by atoms with E-state index in [4.69, 9.17) is 0 Å². The van der Waals surface area contributed by atoms with Crippen molar-refractivity contribution >= 4 is 22.9 Å². The Labute approximate surface area is 45.3 Å². The Hall–Kier alpha value is 0.870. The summed E-state index contributed by atoms with van der Waals surface area (Å²) in [4.78, 5) is 0. The van der Waals surface area contributed by atoms with Crippen LogP contribution in [0, 0.1) is 0 Å². The van der Waals surface area contributed by atoms with E-state index < -0.39 is 0 Å². The second kappa shape index (κ2) is 3.08. The van der Waals surface area contributed by atoms with Crippen LogP contribution in [-0.4, -0.2) is 22.9 Å². The van der Waals surface area contributed by atoms with E-state index in [1.807, 2.05) is 0 Å². The van der Waals surface area contributed by atoms with Gasteiger partial charge in [-0.05, 0) is 0 Å². The van der Waals surface area contributed by atoms with E-state index >= 15 is 0 Å². The van der Waals surface area contributed by atoms with Crippen molar-refractivity contribution in [2.45, 2.75) is 22.2 Å². The summed E-state index contributed by atoms with van der Waals surface area (Å²) in [5, 5.41) is 0. The molecule has 0 aliphatic heterocycles. The molecule has 0 aromatic rings. The SMILES string of the molecule is [CH3][InH][CH](C)C. The molecule has 0 heterocycles. The molecule has 0 aromatic heterocycles. The van der Waals surface area contributed by atoms with Crippen molar-refractivity contribution in [2.24, 2.45) is 0 Å². The molecule has 0 fully saturated rings. The molecule has 0 nitrogen and oxygen atoms in total. The zero-order valence-electron chi connectivity index (χ0n) is 4.28. The zero-order chi connectivity index (χ0) is 4.28. The third-order valence-corrected chi connectivity index (χ3v) is 5.48. The summed E-state index contributed by atoms with van der Waals surface area (Å²) in [6.45, 7) is 4.63. The van der Waals surface area contributed by atoms with Gasteiger partial charge in [0.1, 0.15) is 0 Å². The maximum absolute atomic E-state index is 2.41. The molecule has 0 aliphatic rings. The Morgan fingerprint density at radius 3 is 1.60 bits per heavy atom. The van der Waals surface area contributed by atoms with E-state index in [2.05, 4.69) is 18.5 Å². The van der Waals surface area contributed by atoms with Gasteiger partial charge in [0.05, 0.1) is 0 Å². The van der Waals surface area contributed by atoms with Gasteiger partial charge in [0, 0.05) is 0 Å². The minimum atomic E-state index is -0.141. The predicted octanol–water partition coefficient (Wildman–Crippen LogP) is 1.30. The molecule has 1 heteroatoms. The molecule has 0 rings (SSSR count). The molecule has 0 atom stereocenters. The predicted molar refractivity (Wildman–Crippen MR) is 28.1 cm³/mol.